The molecule has 2 aliphatic rings. The summed E-state index contributed by atoms with van der Waals surface area (Å²) >= 11 is 0. The molecule has 0 heterocycles. The van der Waals surface area contributed by atoms with E-state index >= 15 is 0 Å². The first kappa shape index (κ1) is 10.4. The number of hydrogen-bond acceptors (Lipinski definition) is 2. The predicted molar refractivity (Wildman–Crippen MR) is 56.3 cm³/mol. The molecule has 0 aromatic carbocycles. The molecule has 2 rings (SSSR count). The van der Waals surface area contributed by atoms with Crippen LogP contribution in [0.5, 0.6) is 0 Å². The lowest BCUT2D eigenvalue weighted by molar-refractivity contribution is -0.0934. The van der Waals surface area contributed by atoms with Gasteiger partial charge in [0.15, 0.2) is 0 Å². The summed E-state index contributed by atoms with van der Waals surface area (Å²) in [6.45, 7) is 0. The Labute approximate surface area is 87.0 Å². The molecule has 0 aliphatic heterocycles. The molecule has 0 saturated heterocycles. The number of ether oxygens (including phenoxy) is 2. The normalized spacial score (nSPS) is 43.3. The number of methoxy groups -OCH3 is 2. The molecule has 0 N–H and O–H groups in total. The molecular formula is C12H22O2. The fraction of sp³-hybridized carbons (Fsp3) is 1.00. The van der Waals surface area contributed by atoms with Crippen molar-refractivity contribution in [3.8, 4) is 0 Å². The van der Waals surface area contributed by atoms with Crippen LogP contribution in [0.4, 0.5) is 0 Å². The number of hydrogen-bond donors (Lipinski definition) is 0. The van der Waals surface area contributed by atoms with Crippen molar-refractivity contribution in [1.82, 2.24) is 0 Å². The Morgan fingerprint density at radius 2 is 1.21 bits per heavy atom. The Morgan fingerprint density at radius 3 is 1.57 bits per heavy atom. The minimum Gasteiger partial charge on any atom is -0.379 e. The highest BCUT2D eigenvalue weighted by Crippen LogP contribution is 2.41. The molecule has 2 heteroatoms. The maximum absolute atomic E-state index is 5.52. The van der Waals surface area contributed by atoms with Gasteiger partial charge in [-0.05, 0) is 24.7 Å². The van der Waals surface area contributed by atoms with Gasteiger partial charge in [-0.2, -0.15) is 0 Å². The lowest BCUT2D eigenvalue weighted by Crippen LogP contribution is -2.42. The van der Waals surface area contributed by atoms with E-state index in [4.69, 9.17) is 9.47 Å². The molecule has 0 unspecified atom stereocenters. The average Bonchev–Trinajstić information content (AvgIpc) is 2.27. The third kappa shape index (κ3) is 1.96. The Morgan fingerprint density at radius 1 is 0.786 bits per heavy atom. The van der Waals surface area contributed by atoms with E-state index < -0.39 is 0 Å². The van der Waals surface area contributed by atoms with Gasteiger partial charge in [-0.15, -0.1) is 0 Å². The van der Waals surface area contributed by atoms with Gasteiger partial charge in [0.1, 0.15) is 0 Å². The van der Waals surface area contributed by atoms with Crippen molar-refractivity contribution in [3.05, 3.63) is 0 Å². The van der Waals surface area contributed by atoms with E-state index in [1.54, 1.807) is 0 Å². The molecule has 2 nitrogen and oxygen atoms in total. The van der Waals surface area contributed by atoms with Crippen LogP contribution in [0.25, 0.3) is 0 Å². The summed E-state index contributed by atoms with van der Waals surface area (Å²) in [5.74, 6) is 1.83. The van der Waals surface area contributed by atoms with Gasteiger partial charge in [-0.3, -0.25) is 0 Å². The second-order valence-electron chi connectivity index (χ2n) is 4.82. The molecule has 2 fully saturated rings. The van der Waals surface area contributed by atoms with Gasteiger partial charge in [0.2, 0.25) is 0 Å². The van der Waals surface area contributed by atoms with Crippen molar-refractivity contribution in [2.24, 2.45) is 11.8 Å². The van der Waals surface area contributed by atoms with Crippen molar-refractivity contribution in [2.45, 2.75) is 50.7 Å². The van der Waals surface area contributed by atoms with Crippen LogP contribution in [-0.4, -0.2) is 26.4 Å². The molecule has 0 aromatic rings. The van der Waals surface area contributed by atoms with Crippen LogP contribution in [0.2, 0.25) is 0 Å². The Bertz CT molecular complexity index is 157. The first-order valence-corrected chi connectivity index (χ1v) is 5.90. The summed E-state index contributed by atoms with van der Waals surface area (Å²) < 4.78 is 11.0. The Kier molecular flexibility index (Phi) is 3.45. The Hall–Kier alpha value is -0.0800. The third-order valence-corrected chi connectivity index (χ3v) is 4.16. The largest absolute Gasteiger partial charge is 0.379 e. The van der Waals surface area contributed by atoms with Gasteiger partial charge < -0.3 is 9.47 Å². The van der Waals surface area contributed by atoms with Crippen LogP contribution in [0.1, 0.15) is 38.5 Å². The van der Waals surface area contributed by atoms with Crippen molar-refractivity contribution in [1.29, 1.82) is 0 Å². The minimum absolute atomic E-state index is 0.347. The van der Waals surface area contributed by atoms with Gasteiger partial charge in [0.05, 0.1) is 12.2 Å². The minimum atomic E-state index is 0.347. The molecule has 4 atom stereocenters. The topological polar surface area (TPSA) is 18.5 Å². The monoisotopic (exact) mass is 198 g/mol. The SMILES string of the molecule is CO[C@H]1C[C@H]2CCCC[C@@H]2C[C@@H]1OC. The van der Waals surface area contributed by atoms with Gasteiger partial charge in [-0.25, -0.2) is 0 Å². The van der Waals surface area contributed by atoms with Crippen molar-refractivity contribution in [3.63, 3.8) is 0 Å². The molecule has 2 saturated carbocycles. The summed E-state index contributed by atoms with van der Waals surface area (Å²) in [6, 6.07) is 0. The summed E-state index contributed by atoms with van der Waals surface area (Å²) in [5.41, 5.74) is 0. The molecule has 0 amide bonds. The van der Waals surface area contributed by atoms with Gasteiger partial charge in [-0.1, -0.05) is 25.7 Å². The summed E-state index contributed by atoms with van der Waals surface area (Å²) in [7, 11) is 3.64. The fourth-order valence-corrected chi connectivity index (χ4v) is 3.30. The molecule has 0 bridgehead atoms. The van der Waals surface area contributed by atoms with E-state index in [2.05, 4.69) is 0 Å². The smallest absolute Gasteiger partial charge is 0.0835 e. The standard InChI is InChI=1S/C12H22O2/c1-13-11-7-9-5-3-4-6-10(9)8-12(11)14-2/h9-12H,3-8H2,1-2H3/t9-,10-,11+,12+/m1/s1. The third-order valence-electron chi connectivity index (χ3n) is 4.16. The van der Waals surface area contributed by atoms with Crippen LogP contribution >= 0.6 is 0 Å². The van der Waals surface area contributed by atoms with Crippen LogP contribution in [0.15, 0.2) is 0 Å². The summed E-state index contributed by atoms with van der Waals surface area (Å²) in [6.07, 6.45) is 8.82. The van der Waals surface area contributed by atoms with E-state index in [-0.39, 0.29) is 0 Å². The van der Waals surface area contributed by atoms with Crippen LogP contribution in [0.3, 0.4) is 0 Å². The zero-order valence-electron chi connectivity index (χ0n) is 9.37. The molecule has 82 valence electrons. The van der Waals surface area contributed by atoms with Crippen molar-refractivity contribution >= 4 is 0 Å². The Balaban J connectivity index is 1.98. The molecule has 2 aliphatic carbocycles. The fourth-order valence-electron chi connectivity index (χ4n) is 3.30. The predicted octanol–water partition coefficient (Wildman–Crippen LogP) is 2.62. The van der Waals surface area contributed by atoms with Crippen molar-refractivity contribution < 1.29 is 9.47 Å². The van der Waals surface area contributed by atoms with E-state index in [0.717, 1.165) is 11.8 Å². The van der Waals surface area contributed by atoms with E-state index in [1.807, 2.05) is 14.2 Å². The highest BCUT2D eigenvalue weighted by molar-refractivity contribution is 4.89. The van der Waals surface area contributed by atoms with Crippen molar-refractivity contribution in [2.75, 3.05) is 14.2 Å². The molecule has 0 aromatic heterocycles. The highest BCUT2D eigenvalue weighted by atomic mass is 16.5. The van der Waals surface area contributed by atoms with Crippen LogP contribution < -0.4 is 0 Å². The van der Waals surface area contributed by atoms with Gasteiger partial charge in [0.25, 0.3) is 0 Å². The molecule has 0 spiro atoms. The lowest BCUT2D eigenvalue weighted by Gasteiger charge is -2.42. The zero-order chi connectivity index (χ0) is 9.97. The first-order valence-electron chi connectivity index (χ1n) is 5.90. The van der Waals surface area contributed by atoms with Crippen LogP contribution in [-0.2, 0) is 9.47 Å². The maximum Gasteiger partial charge on any atom is 0.0835 e. The highest BCUT2D eigenvalue weighted by Gasteiger charge is 2.38. The molecule has 14 heavy (non-hydrogen) atoms. The lowest BCUT2D eigenvalue weighted by atomic mass is 9.69. The van der Waals surface area contributed by atoms with Gasteiger partial charge in [0, 0.05) is 14.2 Å². The first-order chi connectivity index (χ1) is 6.85. The molecule has 0 radical (unpaired) electrons. The second-order valence-corrected chi connectivity index (χ2v) is 4.82. The second kappa shape index (κ2) is 4.63. The average molecular weight is 198 g/mol. The summed E-state index contributed by atoms with van der Waals surface area (Å²) in [4.78, 5) is 0. The van der Waals surface area contributed by atoms with E-state index in [9.17, 15) is 0 Å². The quantitative estimate of drug-likeness (QED) is 0.679. The van der Waals surface area contributed by atoms with Gasteiger partial charge >= 0.3 is 0 Å². The summed E-state index contributed by atoms with van der Waals surface area (Å²) in [5, 5.41) is 0. The molecular weight excluding hydrogens is 176 g/mol. The number of fused-ring (bicyclic) bond motifs is 1. The van der Waals surface area contributed by atoms with E-state index in [0.29, 0.717) is 12.2 Å². The maximum atomic E-state index is 5.52. The van der Waals surface area contributed by atoms with Crippen LogP contribution in [0, 0.1) is 11.8 Å². The van der Waals surface area contributed by atoms with E-state index in [1.165, 1.54) is 38.5 Å². The zero-order valence-corrected chi connectivity index (χ0v) is 9.37. The number of rotatable bonds is 2.